The third-order valence-corrected chi connectivity index (χ3v) is 8.66. The van der Waals surface area contributed by atoms with Crippen molar-refractivity contribution in [2.75, 3.05) is 38.5 Å². The number of sulfonamides is 1. The number of halogens is 1. The first-order chi connectivity index (χ1) is 17.9. The molecule has 0 saturated carbocycles. The Kier molecular flexibility index (Phi) is 7.28. The molecular formula is C28H31FN4O3S. The highest BCUT2D eigenvalue weighted by Gasteiger charge is 2.27. The summed E-state index contributed by atoms with van der Waals surface area (Å²) >= 11 is 0. The van der Waals surface area contributed by atoms with Gasteiger partial charge >= 0.3 is 0 Å². The molecule has 0 atom stereocenters. The zero-order chi connectivity index (χ0) is 26.0. The summed E-state index contributed by atoms with van der Waals surface area (Å²) in [5, 5.41) is 0. The van der Waals surface area contributed by atoms with E-state index in [4.69, 9.17) is 9.72 Å². The highest BCUT2D eigenvalue weighted by Crippen LogP contribution is 2.30. The number of fused-ring (bicyclic) bond motifs is 1. The van der Waals surface area contributed by atoms with E-state index < -0.39 is 10.0 Å². The van der Waals surface area contributed by atoms with Crippen molar-refractivity contribution in [1.82, 2.24) is 18.6 Å². The van der Waals surface area contributed by atoms with Gasteiger partial charge in [0.25, 0.3) is 0 Å². The van der Waals surface area contributed by atoms with E-state index in [1.807, 2.05) is 37.3 Å². The average Bonchev–Trinajstić information content (AvgIpc) is 3.27. The van der Waals surface area contributed by atoms with Crippen LogP contribution in [0.25, 0.3) is 28.0 Å². The Morgan fingerprint density at radius 3 is 2.35 bits per heavy atom. The second-order valence-corrected chi connectivity index (χ2v) is 11.4. The molecule has 4 aromatic rings. The summed E-state index contributed by atoms with van der Waals surface area (Å²) in [6.45, 7) is 7.03. The minimum Gasteiger partial charge on any atom is -0.494 e. The maximum absolute atomic E-state index is 13.7. The molecule has 0 radical (unpaired) electrons. The molecule has 9 heteroatoms. The summed E-state index contributed by atoms with van der Waals surface area (Å²) in [6.07, 6.45) is 2.08. The minimum absolute atomic E-state index is 0.113. The fourth-order valence-corrected chi connectivity index (χ4v) is 5.83. The summed E-state index contributed by atoms with van der Waals surface area (Å²) in [6, 6.07) is 18.4. The van der Waals surface area contributed by atoms with Crippen LogP contribution in [0.2, 0.25) is 0 Å². The first-order valence-electron chi connectivity index (χ1n) is 12.6. The first kappa shape index (κ1) is 25.4. The smallest absolute Gasteiger partial charge is 0.213 e. The van der Waals surface area contributed by atoms with Gasteiger partial charge in [-0.2, -0.15) is 4.31 Å². The Labute approximate surface area is 217 Å². The summed E-state index contributed by atoms with van der Waals surface area (Å²) in [5.41, 5.74) is 5.48. The normalized spacial score (nSPS) is 15.3. The molecular weight excluding hydrogens is 491 g/mol. The van der Waals surface area contributed by atoms with Gasteiger partial charge in [0.2, 0.25) is 10.0 Å². The Balaban J connectivity index is 1.52. The van der Waals surface area contributed by atoms with E-state index in [9.17, 15) is 12.8 Å². The van der Waals surface area contributed by atoms with Crippen LogP contribution in [-0.4, -0.2) is 65.5 Å². The minimum atomic E-state index is -3.20. The topological polar surface area (TPSA) is 67.2 Å². The number of hydrogen-bond donors (Lipinski definition) is 0. The molecule has 1 aliphatic heterocycles. The Morgan fingerprint density at radius 1 is 0.919 bits per heavy atom. The number of benzene rings is 2. The maximum atomic E-state index is 13.7. The molecule has 37 heavy (non-hydrogen) atoms. The molecule has 0 aliphatic carbocycles. The number of pyridine rings is 1. The standard InChI is InChI=1S/C28H31FN4O3S/c1-3-36-25-7-5-6-22(18-25)23-10-13-27-30-28(21-8-11-24(29)12-9-21)26(33(27)19-23)20-31-14-16-32(17-15-31)37(34,35)4-2/h5-13,18-19H,3-4,14-17,20H2,1-2H3. The second kappa shape index (κ2) is 10.6. The average molecular weight is 523 g/mol. The molecule has 0 amide bonds. The first-order valence-corrected chi connectivity index (χ1v) is 14.2. The van der Waals surface area contributed by atoms with Crippen molar-refractivity contribution in [3.8, 4) is 28.1 Å². The molecule has 0 bridgehead atoms. The molecule has 2 aromatic heterocycles. The van der Waals surface area contributed by atoms with E-state index in [0.717, 1.165) is 39.5 Å². The number of piperazine rings is 1. The number of ether oxygens (including phenoxy) is 1. The van der Waals surface area contributed by atoms with Crippen LogP contribution >= 0.6 is 0 Å². The Hall–Kier alpha value is -3.27. The lowest BCUT2D eigenvalue weighted by Gasteiger charge is -2.33. The maximum Gasteiger partial charge on any atom is 0.213 e. The fourth-order valence-electron chi connectivity index (χ4n) is 4.75. The summed E-state index contributed by atoms with van der Waals surface area (Å²) in [5.74, 6) is 0.638. The van der Waals surface area contributed by atoms with Gasteiger partial charge in [-0.15, -0.1) is 0 Å². The van der Waals surface area contributed by atoms with E-state index in [1.165, 1.54) is 12.1 Å². The number of rotatable bonds is 8. The molecule has 194 valence electrons. The quantitative estimate of drug-likeness (QED) is 0.336. The van der Waals surface area contributed by atoms with Crippen LogP contribution < -0.4 is 4.74 Å². The molecule has 0 spiro atoms. The lowest BCUT2D eigenvalue weighted by Crippen LogP contribution is -2.48. The predicted molar refractivity (Wildman–Crippen MR) is 144 cm³/mol. The van der Waals surface area contributed by atoms with Crippen molar-refractivity contribution >= 4 is 15.7 Å². The molecule has 3 heterocycles. The van der Waals surface area contributed by atoms with Crippen LogP contribution in [0.4, 0.5) is 4.39 Å². The molecule has 2 aromatic carbocycles. The van der Waals surface area contributed by atoms with Crippen LogP contribution in [-0.2, 0) is 16.6 Å². The second-order valence-electron chi connectivity index (χ2n) is 9.10. The van der Waals surface area contributed by atoms with Gasteiger partial charge < -0.3 is 9.14 Å². The van der Waals surface area contributed by atoms with E-state index in [1.54, 1.807) is 23.4 Å². The largest absolute Gasteiger partial charge is 0.494 e. The van der Waals surface area contributed by atoms with Gasteiger partial charge in [0.1, 0.15) is 17.2 Å². The van der Waals surface area contributed by atoms with Gasteiger partial charge in [0.05, 0.1) is 23.7 Å². The van der Waals surface area contributed by atoms with Crippen molar-refractivity contribution in [2.45, 2.75) is 20.4 Å². The zero-order valence-electron chi connectivity index (χ0n) is 21.1. The third-order valence-electron chi connectivity index (χ3n) is 6.78. The van der Waals surface area contributed by atoms with Crippen molar-refractivity contribution in [3.05, 3.63) is 78.4 Å². The summed E-state index contributed by atoms with van der Waals surface area (Å²) in [7, 11) is -3.20. The highest BCUT2D eigenvalue weighted by atomic mass is 32.2. The number of imidazole rings is 1. The van der Waals surface area contributed by atoms with Gasteiger partial charge in [-0.05, 0) is 73.5 Å². The van der Waals surface area contributed by atoms with Crippen LogP contribution in [0.5, 0.6) is 5.75 Å². The fraction of sp³-hybridized carbons (Fsp3) is 0.321. The van der Waals surface area contributed by atoms with Crippen molar-refractivity contribution < 1.29 is 17.5 Å². The van der Waals surface area contributed by atoms with E-state index >= 15 is 0 Å². The van der Waals surface area contributed by atoms with Crippen molar-refractivity contribution in [3.63, 3.8) is 0 Å². The third kappa shape index (κ3) is 5.39. The lowest BCUT2D eigenvalue weighted by molar-refractivity contribution is 0.180. The van der Waals surface area contributed by atoms with Gasteiger partial charge in [-0.1, -0.05) is 12.1 Å². The molecule has 1 saturated heterocycles. The molecule has 1 aliphatic rings. The SMILES string of the molecule is CCOc1cccc(-c2ccc3nc(-c4ccc(F)cc4)c(CN4CCN(S(=O)(=O)CC)CC4)n3c2)c1. The number of hydrogen-bond acceptors (Lipinski definition) is 5. The number of aromatic nitrogens is 2. The Morgan fingerprint density at radius 2 is 1.65 bits per heavy atom. The van der Waals surface area contributed by atoms with Crippen LogP contribution in [0.15, 0.2) is 66.9 Å². The van der Waals surface area contributed by atoms with Crippen molar-refractivity contribution in [2.24, 2.45) is 0 Å². The van der Waals surface area contributed by atoms with E-state index in [2.05, 4.69) is 21.6 Å². The molecule has 0 N–H and O–H groups in total. The zero-order valence-corrected chi connectivity index (χ0v) is 21.9. The summed E-state index contributed by atoms with van der Waals surface area (Å²) in [4.78, 5) is 7.16. The van der Waals surface area contributed by atoms with Gasteiger partial charge in [0.15, 0.2) is 0 Å². The van der Waals surface area contributed by atoms with Gasteiger partial charge in [-0.25, -0.2) is 17.8 Å². The Bertz CT molecular complexity index is 1490. The van der Waals surface area contributed by atoms with E-state index in [-0.39, 0.29) is 11.6 Å². The van der Waals surface area contributed by atoms with E-state index in [0.29, 0.717) is 39.3 Å². The van der Waals surface area contributed by atoms with Crippen LogP contribution in [0.1, 0.15) is 19.5 Å². The van der Waals surface area contributed by atoms with Crippen molar-refractivity contribution in [1.29, 1.82) is 0 Å². The molecule has 5 rings (SSSR count). The predicted octanol–water partition coefficient (Wildman–Crippen LogP) is 4.67. The van der Waals surface area contributed by atoms with Gasteiger partial charge in [0, 0.05) is 44.5 Å². The molecule has 7 nitrogen and oxygen atoms in total. The summed E-state index contributed by atoms with van der Waals surface area (Å²) < 4.78 is 47.6. The van der Waals surface area contributed by atoms with Crippen LogP contribution in [0.3, 0.4) is 0 Å². The molecule has 1 fully saturated rings. The molecule has 0 unspecified atom stereocenters. The van der Waals surface area contributed by atoms with Gasteiger partial charge in [-0.3, -0.25) is 4.90 Å². The highest BCUT2D eigenvalue weighted by molar-refractivity contribution is 7.89. The monoisotopic (exact) mass is 522 g/mol. The number of nitrogens with zero attached hydrogens (tertiary/aromatic N) is 4. The van der Waals surface area contributed by atoms with Crippen LogP contribution in [0, 0.1) is 5.82 Å². The lowest BCUT2D eigenvalue weighted by atomic mass is 10.1.